The molecule has 0 aromatic carbocycles. The lowest BCUT2D eigenvalue weighted by atomic mass is 10.0. The summed E-state index contributed by atoms with van der Waals surface area (Å²) in [7, 11) is 0. The SMILES string of the molecule is O=C(O)[C@@H]1CC[C@H](C(=O)N2CCN(c3ncc(Cl)cc3Cl)CC2)C1. The topological polar surface area (TPSA) is 73.7 Å². The van der Waals surface area contributed by atoms with Crippen LogP contribution in [-0.2, 0) is 9.59 Å². The number of rotatable bonds is 3. The number of carboxylic acid groups (broad SMARTS) is 1. The summed E-state index contributed by atoms with van der Waals surface area (Å²) in [5, 5.41) is 10.1. The maximum Gasteiger partial charge on any atom is 0.306 e. The van der Waals surface area contributed by atoms with E-state index in [0.717, 1.165) is 0 Å². The second-order valence-corrected chi connectivity index (χ2v) is 7.16. The van der Waals surface area contributed by atoms with Crippen molar-refractivity contribution in [1.29, 1.82) is 0 Å². The van der Waals surface area contributed by atoms with Gasteiger partial charge in [-0.3, -0.25) is 9.59 Å². The minimum Gasteiger partial charge on any atom is -0.481 e. The first-order valence-electron chi connectivity index (χ1n) is 8.03. The zero-order valence-corrected chi connectivity index (χ0v) is 14.6. The molecule has 130 valence electrons. The molecule has 1 aromatic heterocycles. The molecular weight excluding hydrogens is 353 g/mol. The van der Waals surface area contributed by atoms with E-state index < -0.39 is 5.97 Å². The van der Waals surface area contributed by atoms with Crippen molar-refractivity contribution in [2.24, 2.45) is 11.8 Å². The summed E-state index contributed by atoms with van der Waals surface area (Å²) in [6.07, 6.45) is 3.28. The lowest BCUT2D eigenvalue weighted by Crippen LogP contribution is -2.50. The van der Waals surface area contributed by atoms with Crippen molar-refractivity contribution in [3.05, 3.63) is 22.3 Å². The number of amides is 1. The molecule has 0 bridgehead atoms. The zero-order valence-electron chi connectivity index (χ0n) is 13.1. The van der Waals surface area contributed by atoms with E-state index in [1.165, 1.54) is 0 Å². The van der Waals surface area contributed by atoms with Gasteiger partial charge in [-0.15, -0.1) is 0 Å². The monoisotopic (exact) mass is 371 g/mol. The normalized spacial score (nSPS) is 24.2. The summed E-state index contributed by atoms with van der Waals surface area (Å²) < 4.78 is 0. The van der Waals surface area contributed by atoms with Crippen molar-refractivity contribution >= 4 is 40.9 Å². The highest BCUT2D eigenvalue weighted by molar-refractivity contribution is 6.36. The van der Waals surface area contributed by atoms with Crippen molar-refractivity contribution in [2.45, 2.75) is 19.3 Å². The number of carbonyl (C=O) groups is 2. The first-order chi connectivity index (χ1) is 11.5. The minimum absolute atomic E-state index is 0.0774. The summed E-state index contributed by atoms with van der Waals surface area (Å²) in [4.78, 5) is 31.8. The Balaban J connectivity index is 1.57. The molecule has 1 aliphatic heterocycles. The highest BCUT2D eigenvalue weighted by Crippen LogP contribution is 2.33. The Bertz CT molecular complexity index is 647. The van der Waals surface area contributed by atoms with Crippen LogP contribution >= 0.6 is 23.2 Å². The number of hydrogen-bond acceptors (Lipinski definition) is 4. The highest BCUT2D eigenvalue weighted by atomic mass is 35.5. The van der Waals surface area contributed by atoms with E-state index in [0.29, 0.717) is 61.3 Å². The van der Waals surface area contributed by atoms with Gasteiger partial charge in [0.15, 0.2) is 0 Å². The van der Waals surface area contributed by atoms with Gasteiger partial charge in [0.05, 0.1) is 16.0 Å². The maximum absolute atomic E-state index is 12.6. The molecule has 1 saturated carbocycles. The van der Waals surface area contributed by atoms with Gasteiger partial charge in [-0.1, -0.05) is 23.2 Å². The number of carboxylic acids is 1. The van der Waals surface area contributed by atoms with Gasteiger partial charge in [0.25, 0.3) is 0 Å². The first kappa shape index (κ1) is 17.3. The van der Waals surface area contributed by atoms with E-state index in [4.69, 9.17) is 28.3 Å². The van der Waals surface area contributed by atoms with Crippen molar-refractivity contribution in [1.82, 2.24) is 9.88 Å². The van der Waals surface area contributed by atoms with Crippen LogP contribution < -0.4 is 4.90 Å². The van der Waals surface area contributed by atoms with Crippen LogP contribution in [0.2, 0.25) is 10.0 Å². The molecule has 1 saturated heterocycles. The Labute approximate surface area is 150 Å². The number of nitrogens with zero attached hydrogens (tertiary/aromatic N) is 3. The third kappa shape index (κ3) is 3.59. The molecule has 2 heterocycles. The standard InChI is InChI=1S/C16H19Cl2N3O3/c17-12-8-13(18)14(19-9-12)20-3-5-21(6-4-20)15(22)10-1-2-11(7-10)16(23)24/h8-11H,1-7H2,(H,23,24)/t10-,11+/m0/s1. The van der Waals surface area contributed by atoms with Gasteiger partial charge in [-0.05, 0) is 25.3 Å². The Hall–Kier alpha value is -1.53. The second-order valence-electron chi connectivity index (χ2n) is 6.32. The fourth-order valence-electron chi connectivity index (χ4n) is 3.47. The van der Waals surface area contributed by atoms with Gasteiger partial charge >= 0.3 is 5.97 Å². The van der Waals surface area contributed by atoms with Crippen LogP contribution in [0, 0.1) is 11.8 Å². The number of aromatic nitrogens is 1. The highest BCUT2D eigenvalue weighted by Gasteiger charge is 2.36. The van der Waals surface area contributed by atoms with Crippen LogP contribution in [0.5, 0.6) is 0 Å². The predicted octanol–water partition coefficient (Wildman–Crippen LogP) is 2.54. The van der Waals surface area contributed by atoms with Crippen molar-refractivity contribution < 1.29 is 14.7 Å². The number of hydrogen-bond donors (Lipinski definition) is 1. The molecule has 6 nitrogen and oxygen atoms in total. The van der Waals surface area contributed by atoms with E-state index >= 15 is 0 Å². The van der Waals surface area contributed by atoms with Crippen LogP contribution in [0.4, 0.5) is 5.82 Å². The molecule has 2 fully saturated rings. The zero-order chi connectivity index (χ0) is 17.3. The quantitative estimate of drug-likeness (QED) is 0.883. The summed E-state index contributed by atoms with van der Waals surface area (Å²) >= 11 is 12.1. The number of aliphatic carboxylic acids is 1. The summed E-state index contributed by atoms with van der Waals surface area (Å²) in [5.41, 5.74) is 0. The number of piperazine rings is 1. The third-order valence-electron chi connectivity index (χ3n) is 4.81. The van der Waals surface area contributed by atoms with Crippen molar-refractivity contribution in [2.75, 3.05) is 31.1 Å². The molecular formula is C16H19Cl2N3O3. The fraction of sp³-hybridized carbons (Fsp3) is 0.562. The van der Waals surface area contributed by atoms with Crippen LogP contribution in [-0.4, -0.2) is 53.0 Å². The molecule has 0 unspecified atom stereocenters. The number of pyridine rings is 1. The molecule has 8 heteroatoms. The fourth-order valence-corrected chi connectivity index (χ4v) is 3.97. The summed E-state index contributed by atoms with van der Waals surface area (Å²) in [6, 6.07) is 1.66. The molecule has 2 aliphatic rings. The predicted molar refractivity (Wildman–Crippen MR) is 91.5 cm³/mol. The van der Waals surface area contributed by atoms with Crippen molar-refractivity contribution in [3.8, 4) is 0 Å². The Morgan fingerprint density at radius 1 is 1.12 bits per heavy atom. The van der Waals surface area contributed by atoms with Gasteiger partial charge in [-0.2, -0.15) is 0 Å². The van der Waals surface area contributed by atoms with Gasteiger partial charge in [0.1, 0.15) is 5.82 Å². The third-order valence-corrected chi connectivity index (χ3v) is 5.30. The molecule has 1 amide bonds. The molecule has 24 heavy (non-hydrogen) atoms. The second kappa shape index (κ2) is 7.15. The Morgan fingerprint density at radius 3 is 2.38 bits per heavy atom. The molecule has 0 radical (unpaired) electrons. The summed E-state index contributed by atoms with van der Waals surface area (Å²) in [5.74, 6) is -0.570. The molecule has 1 aliphatic carbocycles. The first-order valence-corrected chi connectivity index (χ1v) is 8.79. The smallest absolute Gasteiger partial charge is 0.306 e. The maximum atomic E-state index is 12.6. The number of carbonyl (C=O) groups excluding carboxylic acids is 1. The molecule has 0 spiro atoms. The Kier molecular flexibility index (Phi) is 5.15. The minimum atomic E-state index is -0.793. The van der Waals surface area contributed by atoms with Gasteiger partial charge < -0.3 is 14.9 Å². The molecule has 2 atom stereocenters. The molecule has 1 N–H and O–H groups in total. The molecule has 1 aromatic rings. The largest absolute Gasteiger partial charge is 0.481 e. The van der Waals surface area contributed by atoms with E-state index in [-0.39, 0.29) is 17.7 Å². The van der Waals surface area contributed by atoms with Crippen LogP contribution in [0.3, 0.4) is 0 Å². The van der Waals surface area contributed by atoms with Crippen LogP contribution in [0.15, 0.2) is 12.3 Å². The van der Waals surface area contributed by atoms with Crippen LogP contribution in [0.25, 0.3) is 0 Å². The number of anilines is 1. The van der Waals surface area contributed by atoms with Gasteiger partial charge in [0.2, 0.25) is 5.91 Å². The van der Waals surface area contributed by atoms with Crippen molar-refractivity contribution in [3.63, 3.8) is 0 Å². The van der Waals surface area contributed by atoms with Gasteiger partial charge in [0, 0.05) is 38.3 Å². The molecule has 3 rings (SSSR count). The lowest BCUT2D eigenvalue weighted by molar-refractivity contribution is -0.141. The van der Waals surface area contributed by atoms with Crippen LogP contribution in [0.1, 0.15) is 19.3 Å². The van der Waals surface area contributed by atoms with E-state index in [2.05, 4.69) is 4.98 Å². The Morgan fingerprint density at radius 2 is 1.79 bits per heavy atom. The average molecular weight is 372 g/mol. The van der Waals surface area contributed by atoms with E-state index in [9.17, 15) is 9.59 Å². The number of halogens is 2. The summed E-state index contributed by atoms with van der Waals surface area (Å²) in [6.45, 7) is 2.48. The van der Waals surface area contributed by atoms with Gasteiger partial charge in [-0.25, -0.2) is 4.98 Å². The average Bonchev–Trinajstić information content (AvgIpc) is 3.05. The van der Waals surface area contributed by atoms with E-state index in [1.807, 2.05) is 9.80 Å². The van der Waals surface area contributed by atoms with E-state index in [1.54, 1.807) is 12.3 Å². The lowest BCUT2D eigenvalue weighted by Gasteiger charge is -2.36.